The van der Waals surface area contributed by atoms with Gasteiger partial charge < -0.3 is 0 Å². The Morgan fingerprint density at radius 3 is 0.133 bits per heavy atom. The summed E-state index contributed by atoms with van der Waals surface area (Å²) in [5.41, 5.74) is 0. The fourth-order valence-corrected chi connectivity index (χ4v) is 0. The number of hydrogen-bond acceptors (Lipinski definition) is 0. The van der Waals surface area contributed by atoms with Crippen LogP contribution in [0.1, 0.15) is 326 Å². The second-order valence-corrected chi connectivity index (χ2v) is 21.6. The van der Waals surface area contributed by atoms with E-state index in [4.69, 9.17) is 0 Å². The van der Waals surface area contributed by atoms with Crippen LogP contribution in [0.15, 0.2) is 0 Å². The van der Waals surface area contributed by atoms with Crippen molar-refractivity contribution in [3.05, 3.63) is 0 Å². The van der Waals surface area contributed by atoms with Crippen LogP contribution in [0.4, 0.5) is 0 Å². The van der Waals surface area contributed by atoms with Crippen molar-refractivity contribution in [1.82, 2.24) is 0 Å². The summed E-state index contributed by atoms with van der Waals surface area (Å²) in [5.74, 6) is 10.6. The summed E-state index contributed by atoms with van der Waals surface area (Å²) in [6, 6.07) is 0. The molecule has 0 aliphatic heterocycles. The largest absolute Gasteiger partial charge is 0.0651 e. The summed E-state index contributed by atoms with van der Waals surface area (Å²) in [7, 11) is 0. The summed E-state index contributed by atoms with van der Waals surface area (Å²) in [6.45, 7) is 79.7. The zero-order chi connectivity index (χ0) is 51.4. The van der Waals surface area contributed by atoms with Gasteiger partial charge in [0.25, 0.3) is 0 Å². The molecule has 0 nitrogen and oxygen atoms in total. The minimum atomic E-state index is 0.884. The smallest absolute Gasteiger partial charge is 0.0474 e. The normalized spacial score (nSPS) is 9.60. The molecular weight excluding hydrogens is 721 g/mol. The molecule has 384 valence electrons. The van der Waals surface area contributed by atoms with Crippen LogP contribution in [0.2, 0.25) is 0 Å². The van der Waals surface area contributed by atoms with Crippen molar-refractivity contribution in [3.63, 3.8) is 0 Å². The van der Waals surface area contributed by atoms with Crippen LogP contribution < -0.4 is 0 Å². The van der Waals surface area contributed by atoms with Crippen LogP contribution in [-0.4, -0.2) is 0 Å². The minimum Gasteiger partial charge on any atom is -0.0651 e. The topological polar surface area (TPSA) is 0 Å². The molecule has 0 unspecified atom stereocenters. The van der Waals surface area contributed by atoms with Crippen LogP contribution in [0.3, 0.4) is 0 Å². The van der Waals surface area contributed by atoms with E-state index in [2.05, 4.69) is 249 Å². The number of hydrogen-bond donors (Lipinski definition) is 0. The monoisotopic (exact) mass is 865 g/mol. The average molecular weight is 866 g/mol. The van der Waals surface area contributed by atoms with Gasteiger partial charge in [0.15, 0.2) is 0 Å². The second kappa shape index (κ2) is 86.1. The van der Waals surface area contributed by atoms with Crippen LogP contribution in [0, 0.1) is 71.0 Å². The molecule has 0 heteroatoms. The lowest BCUT2D eigenvalue weighted by Crippen LogP contribution is -1.77. The molecule has 0 saturated heterocycles. The molecule has 60 heavy (non-hydrogen) atoms. The van der Waals surface area contributed by atoms with E-state index in [1.165, 1.54) is 77.0 Å². The first-order valence-corrected chi connectivity index (χ1v) is 27.2. The van der Waals surface area contributed by atoms with Crippen molar-refractivity contribution in [2.24, 2.45) is 71.0 Å². The summed E-state index contributed by atoms with van der Waals surface area (Å²) >= 11 is 0. The summed E-state index contributed by atoms with van der Waals surface area (Å²) in [5, 5.41) is 0. The van der Waals surface area contributed by atoms with Gasteiger partial charge in [-0.1, -0.05) is 326 Å². The predicted octanol–water partition coefficient (Wildman–Crippen LogP) is 24.6. The molecule has 0 aromatic heterocycles. The molecule has 0 amide bonds. The molecule has 0 bridgehead atoms. The van der Waals surface area contributed by atoms with E-state index < -0.39 is 0 Å². The van der Waals surface area contributed by atoms with Crippen LogP contribution in [-0.2, 0) is 0 Å². The SMILES string of the molecule is CCC(C)C.CCC(C)C.CCC(C)C.CCC(C)C.CCC(C)C.CCC(C)C.CCC(C)C.CCC(C)C.CCC(C)C.CCC(C)C.CCC(C)C.CCC(C)C. The van der Waals surface area contributed by atoms with Crippen molar-refractivity contribution in [1.29, 1.82) is 0 Å². The van der Waals surface area contributed by atoms with Gasteiger partial charge in [-0.25, -0.2) is 0 Å². The maximum atomic E-state index is 2.22. The molecule has 0 rings (SSSR count). The summed E-state index contributed by atoms with van der Waals surface area (Å²) in [6.07, 6.45) is 15.7. The molecule has 0 fully saturated rings. The standard InChI is InChI=1S/12C5H12/c12*1-4-5(2)3/h12*5H,4H2,1-3H3. The third-order valence-corrected chi connectivity index (χ3v) is 9.80. The van der Waals surface area contributed by atoms with Gasteiger partial charge in [0.2, 0.25) is 0 Å². The molecule has 0 atom stereocenters. The fourth-order valence-electron chi connectivity index (χ4n) is 0. The Labute approximate surface area is 395 Å². The Morgan fingerprint density at radius 2 is 0.133 bits per heavy atom. The summed E-state index contributed by atoms with van der Waals surface area (Å²) in [4.78, 5) is 0. The highest BCUT2D eigenvalue weighted by molar-refractivity contribution is 4.37. The molecule has 0 aliphatic rings. The lowest BCUT2D eigenvalue weighted by atomic mass is 10.2. The summed E-state index contributed by atoms with van der Waals surface area (Å²) < 4.78 is 0. The van der Waals surface area contributed by atoms with E-state index in [9.17, 15) is 0 Å². The van der Waals surface area contributed by atoms with Gasteiger partial charge in [-0.3, -0.25) is 0 Å². The first kappa shape index (κ1) is 90.7. The van der Waals surface area contributed by atoms with Gasteiger partial charge in [0.05, 0.1) is 0 Å². The fraction of sp³-hybridized carbons (Fsp3) is 1.00. The van der Waals surface area contributed by atoms with Crippen LogP contribution >= 0.6 is 0 Å². The average Bonchev–Trinajstić information content (AvgIpc) is 3.19. The van der Waals surface area contributed by atoms with Crippen LogP contribution in [0.25, 0.3) is 0 Å². The molecule has 0 aliphatic carbocycles. The van der Waals surface area contributed by atoms with Crippen molar-refractivity contribution >= 4 is 0 Å². The molecule has 0 N–H and O–H groups in total. The Morgan fingerprint density at radius 1 is 0.117 bits per heavy atom. The zero-order valence-corrected chi connectivity index (χ0v) is 51.4. The van der Waals surface area contributed by atoms with Crippen molar-refractivity contribution in [2.45, 2.75) is 326 Å². The highest BCUT2D eigenvalue weighted by atomic mass is 13.9. The predicted molar refractivity (Wildman–Crippen MR) is 302 cm³/mol. The lowest BCUT2D eigenvalue weighted by Gasteiger charge is -1.90. The van der Waals surface area contributed by atoms with Gasteiger partial charge in [0, 0.05) is 0 Å². The quantitative estimate of drug-likeness (QED) is 0.183. The van der Waals surface area contributed by atoms with E-state index in [0.717, 1.165) is 71.0 Å². The Bertz CT molecular complexity index is 340. The maximum Gasteiger partial charge on any atom is -0.0474 e. The minimum absolute atomic E-state index is 0.884. The van der Waals surface area contributed by atoms with E-state index in [0.29, 0.717) is 0 Å². The third kappa shape index (κ3) is 327. The van der Waals surface area contributed by atoms with Crippen molar-refractivity contribution in [2.75, 3.05) is 0 Å². The van der Waals surface area contributed by atoms with Gasteiger partial charge >= 0.3 is 0 Å². The van der Waals surface area contributed by atoms with E-state index in [-0.39, 0.29) is 0 Å². The molecule has 0 saturated carbocycles. The molecule has 0 aromatic carbocycles. The third-order valence-electron chi connectivity index (χ3n) is 9.80. The van der Waals surface area contributed by atoms with E-state index in [1.54, 1.807) is 0 Å². The van der Waals surface area contributed by atoms with Crippen LogP contribution in [0.5, 0.6) is 0 Å². The highest BCUT2D eigenvalue weighted by Crippen LogP contribution is 1.98. The second-order valence-electron chi connectivity index (χ2n) is 21.6. The first-order chi connectivity index (χ1) is 27.2. The lowest BCUT2D eigenvalue weighted by molar-refractivity contribution is 0.626. The van der Waals surface area contributed by atoms with Gasteiger partial charge in [-0.15, -0.1) is 0 Å². The maximum absolute atomic E-state index is 2.22. The first-order valence-electron chi connectivity index (χ1n) is 27.2. The zero-order valence-electron chi connectivity index (χ0n) is 51.4. The molecule has 0 spiro atoms. The van der Waals surface area contributed by atoms with Crippen molar-refractivity contribution in [3.8, 4) is 0 Å². The number of rotatable bonds is 12. The molecular formula is C60H144. The van der Waals surface area contributed by atoms with Gasteiger partial charge in [-0.05, 0) is 71.0 Å². The van der Waals surface area contributed by atoms with Crippen molar-refractivity contribution < 1.29 is 0 Å². The van der Waals surface area contributed by atoms with E-state index in [1.807, 2.05) is 0 Å². The Hall–Kier alpha value is 0. The van der Waals surface area contributed by atoms with Gasteiger partial charge in [0.1, 0.15) is 0 Å². The Balaban J connectivity index is -0.0000000419. The Kier molecular flexibility index (Phi) is 130. The molecule has 0 aromatic rings. The van der Waals surface area contributed by atoms with E-state index >= 15 is 0 Å². The van der Waals surface area contributed by atoms with Gasteiger partial charge in [-0.2, -0.15) is 0 Å². The molecule has 0 heterocycles. The highest BCUT2D eigenvalue weighted by Gasteiger charge is 1.85. The molecule has 0 radical (unpaired) electrons.